The highest BCUT2D eigenvalue weighted by molar-refractivity contribution is 7.89. The Hall–Kier alpha value is -0.960. The van der Waals surface area contributed by atoms with E-state index in [0.29, 0.717) is 30.8 Å². The van der Waals surface area contributed by atoms with E-state index >= 15 is 0 Å². The maximum Gasteiger partial charge on any atom is 0.243 e. The van der Waals surface area contributed by atoms with Crippen LogP contribution >= 0.6 is 0 Å². The summed E-state index contributed by atoms with van der Waals surface area (Å²) >= 11 is 0. The van der Waals surface area contributed by atoms with Crippen LogP contribution in [0.5, 0.6) is 0 Å². The second-order valence-electron chi connectivity index (χ2n) is 9.74. The maximum atomic E-state index is 13.1. The fraction of sp³-hybridized carbons (Fsp3) is 0.714. The van der Waals surface area contributed by atoms with Crippen molar-refractivity contribution in [2.75, 3.05) is 13.1 Å². The van der Waals surface area contributed by atoms with Crippen LogP contribution in [-0.4, -0.2) is 39.8 Å². The van der Waals surface area contributed by atoms with Crippen LogP contribution in [0.25, 0.3) is 0 Å². The molecule has 6 rings (SSSR count). The van der Waals surface area contributed by atoms with E-state index in [2.05, 4.69) is 4.72 Å². The molecule has 0 spiro atoms. The molecule has 29 heavy (non-hydrogen) atoms. The fourth-order valence-electron chi connectivity index (χ4n) is 6.62. The second-order valence-corrected chi connectivity index (χ2v) is 13.4. The number of piperidine rings is 1. The predicted molar refractivity (Wildman–Crippen MR) is 110 cm³/mol. The average molecular weight is 439 g/mol. The molecule has 1 aliphatic heterocycles. The molecule has 4 bridgehead atoms. The van der Waals surface area contributed by atoms with Gasteiger partial charge >= 0.3 is 0 Å². The molecule has 0 atom stereocenters. The summed E-state index contributed by atoms with van der Waals surface area (Å²) in [4.78, 5) is 0.332. The zero-order chi connectivity index (χ0) is 20.3. The second kappa shape index (κ2) is 7.04. The van der Waals surface area contributed by atoms with Crippen molar-refractivity contribution in [1.29, 1.82) is 0 Å². The van der Waals surface area contributed by atoms with Gasteiger partial charge in [-0.25, -0.2) is 21.6 Å². The van der Waals surface area contributed by atoms with Crippen LogP contribution in [0.1, 0.15) is 57.8 Å². The van der Waals surface area contributed by atoms with Gasteiger partial charge < -0.3 is 0 Å². The van der Waals surface area contributed by atoms with Crippen molar-refractivity contribution < 1.29 is 16.8 Å². The highest BCUT2D eigenvalue weighted by Crippen LogP contribution is 2.55. The van der Waals surface area contributed by atoms with Gasteiger partial charge in [-0.3, -0.25) is 0 Å². The topological polar surface area (TPSA) is 83.5 Å². The third-order valence-electron chi connectivity index (χ3n) is 7.48. The molecular weight excluding hydrogens is 408 g/mol. The largest absolute Gasteiger partial charge is 0.243 e. The summed E-state index contributed by atoms with van der Waals surface area (Å²) in [6, 6.07) is 5.77. The van der Waals surface area contributed by atoms with E-state index in [4.69, 9.17) is 0 Å². The molecule has 4 saturated carbocycles. The van der Waals surface area contributed by atoms with E-state index in [9.17, 15) is 16.8 Å². The third-order valence-corrected chi connectivity index (χ3v) is 11.0. The monoisotopic (exact) mass is 438 g/mol. The van der Waals surface area contributed by atoms with Gasteiger partial charge in [0.15, 0.2) is 0 Å². The molecule has 8 heteroatoms. The van der Waals surface area contributed by atoms with Crippen molar-refractivity contribution in [3.63, 3.8) is 0 Å². The molecule has 0 unspecified atom stereocenters. The first-order valence-electron chi connectivity index (χ1n) is 10.9. The Bertz CT molecular complexity index is 945. The molecule has 160 valence electrons. The van der Waals surface area contributed by atoms with Gasteiger partial charge in [0, 0.05) is 18.6 Å². The number of sulfonamides is 2. The number of benzene rings is 1. The highest BCUT2D eigenvalue weighted by Gasteiger charge is 2.52. The van der Waals surface area contributed by atoms with E-state index < -0.39 is 20.0 Å². The Kier molecular flexibility index (Phi) is 4.85. The Balaban J connectivity index is 1.35. The average Bonchev–Trinajstić information content (AvgIpc) is 2.67. The number of hydrogen-bond acceptors (Lipinski definition) is 4. The lowest BCUT2D eigenvalue weighted by molar-refractivity contribution is -0.00810. The van der Waals surface area contributed by atoms with Crippen LogP contribution in [0.4, 0.5) is 0 Å². The van der Waals surface area contributed by atoms with Gasteiger partial charge in [-0.1, -0.05) is 6.42 Å². The van der Waals surface area contributed by atoms with Crippen molar-refractivity contribution in [3.05, 3.63) is 24.3 Å². The first kappa shape index (κ1) is 20.0. The van der Waals surface area contributed by atoms with Gasteiger partial charge in [-0.15, -0.1) is 0 Å². The van der Waals surface area contributed by atoms with Crippen LogP contribution < -0.4 is 4.72 Å². The van der Waals surface area contributed by atoms with Gasteiger partial charge in [-0.2, -0.15) is 4.31 Å². The minimum atomic E-state index is -3.67. The Morgan fingerprint density at radius 2 is 1.24 bits per heavy atom. The molecule has 5 fully saturated rings. The van der Waals surface area contributed by atoms with E-state index in [1.165, 1.54) is 47.8 Å². The molecule has 6 nitrogen and oxygen atoms in total. The standard InChI is InChI=1S/C21H30N2O4S2/c24-28(25,22-21-13-16-10-17(14-21)12-18(11-16)15-21)19-4-6-20(7-5-19)29(26,27)23-8-2-1-3-9-23/h4-7,16-18,22H,1-3,8-15H2. The molecule has 0 amide bonds. The van der Waals surface area contributed by atoms with Crippen molar-refractivity contribution in [2.24, 2.45) is 17.8 Å². The lowest BCUT2D eigenvalue weighted by Gasteiger charge is -2.56. The van der Waals surface area contributed by atoms with Gasteiger partial charge in [0.25, 0.3) is 0 Å². The van der Waals surface area contributed by atoms with Crippen molar-refractivity contribution >= 4 is 20.0 Å². The fourth-order valence-corrected chi connectivity index (χ4v) is 9.57. The van der Waals surface area contributed by atoms with Gasteiger partial charge in [0.2, 0.25) is 20.0 Å². The smallest absolute Gasteiger partial charge is 0.207 e. The predicted octanol–water partition coefficient (Wildman–Crippen LogP) is 3.11. The zero-order valence-electron chi connectivity index (χ0n) is 16.7. The molecule has 1 heterocycles. The van der Waals surface area contributed by atoms with Crippen LogP contribution in [0.15, 0.2) is 34.1 Å². The molecule has 1 saturated heterocycles. The molecule has 4 aliphatic carbocycles. The quantitative estimate of drug-likeness (QED) is 0.766. The molecule has 0 radical (unpaired) electrons. The molecule has 1 aromatic rings. The summed E-state index contributed by atoms with van der Waals surface area (Å²) in [5.74, 6) is 1.96. The zero-order valence-corrected chi connectivity index (χ0v) is 18.3. The van der Waals surface area contributed by atoms with Gasteiger partial charge in [0.05, 0.1) is 9.79 Å². The molecule has 5 aliphatic rings. The third kappa shape index (κ3) is 3.66. The molecule has 1 N–H and O–H groups in total. The SMILES string of the molecule is O=S(=O)(NC12CC3CC(CC(C3)C1)C2)c1ccc(S(=O)(=O)N2CCCCC2)cc1. The van der Waals surface area contributed by atoms with E-state index in [1.54, 1.807) is 0 Å². The summed E-state index contributed by atoms with van der Waals surface area (Å²) in [5.41, 5.74) is -0.299. The Labute approximate surface area is 174 Å². The summed E-state index contributed by atoms with van der Waals surface area (Å²) in [5, 5.41) is 0. The number of hydrogen-bond donors (Lipinski definition) is 1. The number of nitrogens with one attached hydrogen (secondary N) is 1. The van der Waals surface area contributed by atoms with Crippen LogP contribution in [0.2, 0.25) is 0 Å². The first-order valence-corrected chi connectivity index (χ1v) is 13.8. The Morgan fingerprint density at radius 1 is 0.759 bits per heavy atom. The van der Waals surface area contributed by atoms with Gasteiger partial charge in [0.1, 0.15) is 0 Å². The minimum Gasteiger partial charge on any atom is -0.207 e. The molecule has 0 aromatic heterocycles. The lowest BCUT2D eigenvalue weighted by atomic mass is 9.53. The molecule has 1 aromatic carbocycles. The minimum absolute atomic E-state index is 0.158. The Morgan fingerprint density at radius 3 is 1.76 bits per heavy atom. The maximum absolute atomic E-state index is 13.1. The number of rotatable bonds is 5. The normalized spacial score (nSPS) is 35.1. The first-order chi connectivity index (χ1) is 13.8. The van der Waals surface area contributed by atoms with Crippen LogP contribution in [0.3, 0.4) is 0 Å². The van der Waals surface area contributed by atoms with E-state index in [-0.39, 0.29) is 15.3 Å². The van der Waals surface area contributed by atoms with Crippen molar-refractivity contribution in [1.82, 2.24) is 9.03 Å². The van der Waals surface area contributed by atoms with E-state index in [1.807, 2.05) is 0 Å². The van der Waals surface area contributed by atoms with Crippen LogP contribution in [0, 0.1) is 17.8 Å². The van der Waals surface area contributed by atoms with Gasteiger partial charge in [-0.05, 0) is 93.4 Å². The van der Waals surface area contributed by atoms with Crippen molar-refractivity contribution in [3.8, 4) is 0 Å². The van der Waals surface area contributed by atoms with E-state index in [0.717, 1.165) is 38.5 Å². The summed E-state index contributed by atoms with van der Waals surface area (Å²) in [6.45, 7) is 1.08. The highest BCUT2D eigenvalue weighted by atomic mass is 32.2. The van der Waals surface area contributed by atoms with Crippen LogP contribution in [-0.2, 0) is 20.0 Å². The summed E-state index contributed by atoms with van der Waals surface area (Å²) in [7, 11) is -7.22. The molecular formula is C21H30N2O4S2. The summed E-state index contributed by atoms with van der Waals surface area (Å²) < 4.78 is 56.4. The summed E-state index contributed by atoms with van der Waals surface area (Å²) in [6.07, 6.45) is 9.40. The van der Waals surface area contributed by atoms with Crippen molar-refractivity contribution in [2.45, 2.75) is 73.1 Å². The number of nitrogens with zero attached hydrogens (tertiary/aromatic N) is 1. The lowest BCUT2D eigenvalue weighted by Crippen LogP contribution is -2.59.